The summed E-state index contributed by atoms with van der Waals surface area (Å²) in [4.78, 5) is 10.5. The molecule has 1 aromatic carbocycles. The monoisotopic (exact) mass is 236 g/mol. The smallest absolute Gasteiger partial charge is 0.272 e. The molecule has 0 fully saturated rings. The van der Waals surface area contributed by atoms with Gasteiger partial charge in [0.25, 0.3) is 5.69 Å². The number of hydrogen-bond acceptors (Lipinski definition) is 3. The number of rotatable bonds is 6. The molecular weight excluding hydrogens is 216 g/mol. The van der Waals surface area contributed by atoms with Crippen LogP contribution in [0.5, 0.6) is 0 Å². The molecular formula is C13H20N2O2. The maximum absolute atomic E-state index is 10.8. The Hall–Kier alpha value is -1.42. The quantitative estimate of drug-likeness (QED) is 0.610. The Morgan fingerprint density at radius 2 is 2.18 bits per heavy atom. The topological polar surface area (TPSA) is 55.2 Å². The van der Waals surface area contributed by atoms with Crippen molar-refractivity contribution in [2.24, 2.45) is 5.92 Å². The van der Waals surface area contributed by atoms with Crippen LogP contribution < -0.4 is 5.32 Å². The van der Waals surface area contributed by atoms with Crippen molar-refractivity contribution in [3.8, 4) is 0 Å². The number of hydrogen-bond donors (Lipinski definition) is 1. The van der Waals surface area contributed by atoms with Gasteiger partial charge in [-0.3, -0.25) is 10.1 Å². The average molecular weight is 236 g/mol. The molecule has 4 heteroatoms. The second-order valence-corrected chi connectivity index (χ2v) is 4.46. The van der Waals surface area contributed by atoms with Crippen molar-refractivity contribution >= 4 is 5.69 Å². The van der Waals surface area contributed by atoms with Gasteiger partial charge in [0.15, 0.2) is 0 Å². The summed E-state index contributed by atoms with van der Waals surface area (Å²) in [6, 6.07) is 5.23. The molecule has 0 aromatic heterocycles. The van der Waals surface area contributed by atoms with Crippen LogP contribution in [0.2, 0.25) is 0 Å². The highest BCUT2D eigenvalue weighted by Gasteiger charge is 2.12. The second kappa shape index (κ2) is 6.35. The fourth-order valence-corrected chi connectivity index (χ4v) is 1.66. The first kappa shape index (κ1) is 13.6. The summed E-state index contributed by atoms with van der Waals surface area (Å²) >= 11 is 0. The minimum atomic E-state index is -0.326. The molecule has 4 nitrogen and oxygen atoms in total. The average Bonchev–Trinajstić information content (AvgIpc) is 2.30. The molecule has 1 N–H and O–H groups in total. The molecule has 0 heterocycles. The highest BCUT2D eigenvalue weighted by atomic mass is 16.6. The molecule has 1 rings (SSSR count). The van der Waals surface area contributed by atoms with Gasteiger partial charge in [-0.2, -0.15) is 0 Å². The van der Waals surface area contributed by atoms with Crippen LogP contribution in [-0.4, -0.2) is 11.5 Å². The Labute approximate surface area is 102 Å². The van der Waals surface area contributed by atoms with Crippen molar-refractivity contribution in [1.29, 1.82) is 0 Å². The Kier molecular flexibility index (Phi) is 5.10. The first-order chi connectivity index (χ1) is 8.06. The fourth-order valence-electron chi connectivity index (χ4n) is 1.66. The van der Waals surface area contributed by atoms with Gasteiger partial charge in [0.05, 0.1) is 4.92 Å². The van der Waals surface area contributed by atoms with Gasteiger partial charge in [-0.1, -0.05) is 32.4 Å². The molecule has 1 unspecified atom stereocenters. The normalized spacial score (nSPS) is 12.4. The van der Waals surface area contributed by atoms with Gasteiger partial charge in [0, 0.05) is 18.2 Å². The standard InChI is InChI=1S/C13H20N2O2/c1-4-10(2)8-14-9-12-6-5-7-13(11(12)3)15(16)17/h5-7,10,14H,4,8-9H2,1-3H3. The molecule has 1 aromatic rings. The highest BCUT2D eigenvalue weighted by Crippen LogP contribution is 2.20. The van der Waals surface area contributed by atoms with E-state index in [9.17, 15) is 10.1 Å². The van der Waals surface area contributed by atoms with E-state index in [2.05, 4.69) is 19.2 Å². The van der Waals surface area contributed by atoms with Crippen molar-refractivity contribution in [2.75, 3.05) is 6.54 Å². The molecule has 0 spiro atoms. The maximum atomic E-state index is 10.8. The van der Waals surface area contributed by atoms with E-state index < -0.39 is 0 Å². The largest absolute Gasteiger partial charge is 0.312 e. The van der Waals surface area contributed by atoms with Crippen LogP contribution in [0.15, 0.2) is 18.2 Å². The Bertz CT molecular complexity index is 391. The van der Waals surface area contributed by atoms with E-state index in [1.807, 2.05) is 6.07 Å². The lowest BCUT2D eigenvalue weighted by Crippen LogP contribution is -2.20. The molecule has 17 heavy (non-hydrogen) atoms. The summed E-state index contributed by atoms with van der Waals surface area (Å²) in [5, 5.41) is 14.1. The minimum absolute atomic E-state index is 0.202. The Morgan fingerprint density at radius 3 is 2.76 bits per heavy atom. The van der Waals surface area contributed by atoms with Crippen molar-refractivity contribution in [2.45, 2.75) is 33.7 Å². The molecule has 0 saturated carbocycles. The Balaban J connectivity index is 2.66. The molecule has 0 aliphatic heterocycles. The van der Waals surface area contributed by atoms with E-state index in [4.69, 9.17) is 0 Å². The zero-order valence-corrected chi connectivity index (χ0v) is 10.7. The van der Waals surface area contributed by atoms with Gasteiger partial charge in [-0.05, 0) is 24.9 Å². The summed E-state index contributed by atoms with van der Waals surface area (Å²) < 4.78 is 0. The van der Waals surface area contributed by atoms with Crippen LogP contribution >= 0.6 is 0 Å². The summed E-state index contributed by atoms with van der Waals surface area (Å²) in [5.74, 6) is 0.633. The van der Waals surface area contributed by atoms with Crippen LogP contribution in [0, 0.1) is 23.0 Å². The highest BCUT2D eigenvalue weighted by molar-refractivity contribution is 5.44. The van der Waals surface area contributed by atoms with E-state index in [1.165, 1.54) is 0 Å². The lowest BCUT2D eigenvalue weighted by atomic mass is 10.1. The fraction of sp³-hybridized carbons (Fsp3) is 0.538. The Morgan fingerprint density at radius 1 is 1.47 bits per heavy atom. The minimum Gasteiger partial charge on any atom is -0.312 e. The SMILES string of the molecule is CCC(C)CNCc1cccc([N+](=O)[O-])c1C. The molecule has 0 amide bonds. The van der Waals surface area contributed by atoms with Crippen LogP contribution in [0.25, 0.3) is 0 Å². The molecule has 94 valence electrons. The number of nitrogens with zero attached hydrogens (tertiary/aromatic N) is 1. The van der Waals surface area contributed by atoms with Gasteiger partial charge in [0.2, 0.25) is 0 Å². The number of nitrogens with one attached hydrogen (secondary N) is 1. The summed E-state index contributed by atoms with van der Waals surface area (Å²) in [6.45, 7) is 7.78. The number of nitro groups is 1. The summed E-state index contributed by atoms with van der Waals surface area (Å²) in [5.41, 5.74) is 1.96. The van der Waals surface area contributed by atoms with Crippen LogP contribution in [0.1, 0.15) is 31.4 Å². The van der Waals surface area contributed by atoms with Gasteiger partial charge >= 0.3 is 0 Å². The number of benzene rings is 1. The zero-order chi connectivity index (χ0) is 12.8. The number of nitro benzene ring substituents is 1. The molecule has 0 bridgehead atoms. The third kappa shape index (κ3) is 3.82. The molecule has 0 radical (unpaired) electrons. The van der Waals surface area contributed by atoms with E-state index in [0.717, 1.165) is 24.1 Å². The first-order valence-electron chi connectivity index (χ1n) is 5.99. The third-order valence-electron chi connectivity index (χ3n) is 3.12. The van der Waals surface area contributed by atoms with Crippen LogP contribution in [0.3, 0.4) is 0 Å². The van der Waals surface area contributed by atoms with E-state index in [1.54, 1.807) is 19.1 Å². The van der Waals surface area contributed by atoms with Gasteiger partial charge in [0.1, 0.15) is 0 Å². The van der Waals surface area contributed by atoms with E-state index in [-0.39, 0.29) is 10.6 Å². The molecule has 0 aliphatic carbocycles. The molecule has 1 atom stereocenters. The molecule has 0 saturated heterocycles. The van der Waals surface area contributed by atoms with Crippen molar-refractivity contribution in [1.82, 2.24) is 5.32 Å². The summed E-state index contributed by atoms with van der Waals surface area (Å²) in [7, 11) is 0. The van der Waals surface area contributed by atoms with Crippen LogP contribution in [-0.2, 0) is 6.54 Å². The molecule has 0 aliphatic rings. The predicted octanol–water partition coefficient (Wildman–Crippen LogP) is 3.04. The predicted molar refractivity (Wildman–Crippen MR) is 69.0 cm³/mol. The van der Waals surface area contributed by atoms with Gasteiger partial charge in [-0.15, -0.1) is 0 Å². The second-order valence-electron chi connectivity index (χ2n) is 4.46. The van der Waals surface area contributed by atoms with E-state index >= 15 is 0 Å². The lowest BCUT2D eigenvalue weighted by molar-refractivity contribution is -0.385. The maximum Gasteiger partial charge on any atom is 0.272 e. The summed E-state index contributed by atoms with van der Waals surface area (Å²) in [6.07, 6.45) is 1.14. The van der Waals surface area contributed by atoms with Crippen molar-refractivity contribution < 1.29 is 4.92 Å². The van der Waals surface area contributed by atoms with Gasteiger partial charge < -0.3 is 5.32 Å². The third-order valence-corrected chi connectivity index (χ3v) is 3.12. The lowest BCUT2D eigenvalue weighted by Gasteiger charge is -2.11. The van der Waals surface area contributed by atoms with Crippen molar-refractivity contribution in [3.05, 3.63) is 39.4 Å². The zero-order valence-electron chi connectivity index (χ0n) is 10.7. The van der Waals surface area contributed by atoms with E-state index in [0.29, 0.717) is 12.5 Å². The first-order valence-corrected chi connectivity index (χ1v) is 5.99. The van der Waals surface area contributed by atoms with Crippen molar-refractivity contribution in [3.63, 3.8) is 0 Å². The van der Waals surface area contributed by atoms with Gasteiger partial charge in [-0.25, -0.2) is 0 Å². The van der Waals surface area contributed by atoms with Crippen LogP contribution in [0.4, 0.5) is 5.69 Å².